The number of piperidine rings is 1. The molecule has 2 aliphatic rings. The number of nitrogens with one attached hydrogen (secondary N) is 2. The molecule has 1 aromatic rings. The number of amides is 2. The highest BCUT2D eigenvalue weighted by molar-refractivity contribution is 5.89. The first-order valence-electron chi connectivity index (χ1n) is 9.41. The number of carbonyl (C=O) groups is 2. The van der Waals surface area contributed by atoms with Gasteiger partial charge in [-0.2, -0.15) is 0 Å². The third-order valence-corrected chi connectivity index (χ3v) is 5.55. The zero-order valence-corrected chi connectivity index (χ0v) is 15.5. The summed E-state index contributed by atoms with van der Waals surface area (Å²) in [5.41, 5.74) is 1.10. The zero-order chi connectivity index (χ0) is 18.4. The smallest absolute Gasteiger partial charge is 0.225 e. The SMILES string of the molecule is COCC1(CNC(=O)C2CC(=O)N(Cc3ccccc3)C2)CCNCC1. The Morgan fingerprint density at radius 3 is 2.73 bits per heavy atom. The van der Waals surface area contributed by atoms with Gasteiger partial charge in [0.1, 0.15) is 0 Å². The first-order valence-corrected chi connectivity index (χ1v) is 9.41. The van der Waals surface area contributed by atoms with Crippen molar-refractivity contribution in [2.75, 3.05) is 39.9 Å². The van der Waals surface area contributed by atoms with Gasteiger partial charge in [0.15, 0.2) is 0 Å². The van der Waals surface area contributed by atoms with Gasteiger partial charge < -0.3 is 20.3 Å². The van der Waals surface area contributed by atoms with Crippen LogP contribution >= 0.6 is 0 Å². The monoisotopic (exact) mass is 359 g/mol. The molecular weight excluding hydrogens is 330 g/mol. The third-order valence-electron chi connectivity index (χ3n) is 5.55. The van der Waals surface area contributed by atoms with Crippen LogP contribution in [0.25, 0.3) is 0 Å². The maximum absolute atomic E-state index is 12.6. The van der Waals surface area contributed by atoms with E-state index in [-0.39, 0.29) is 23.1 Å². The first-order chi connectivity index (χ1) is 12.6. The molecule has 142 valence electrons. The zero-order valence-electron chi connectivity index (χ0n) is 15.5. The second kappa shape index (κ2) is 8.64. The molecule has 2 aliphatic heterocycles. The van der Waals surface area contributed by atoms with Crippen LogP contribution in [0.1, 0.15) is 24.8 Å². The largest absolute Gasteiger partial charge is 0.384 e. The maximum Gasteiger partial charge on any atom is 0.225 e. The van der Waals surface area contributed by atoms with Crippen molar-refractivity contribution < 1.29 is 14.3 Å². The van der Waals surface area contributed by atoms with Crippen molar-refractivity contribution in [3.63, 3.8) is 0 Å². The number of methoxy groups -OCH3 is 1. The molecular formula is C20H29N3O3. The molecule has 2 amide bonds. The number of hydrogen-bond acceptors (Lipinski definition) is 4. The predicted molar refractivity (Wildman–Crippen MR) is 99.4 cm³/mol. The molecule has 0 bridgehead atoms. The van der Waals surface area contributed by atoms with E-state index in [2.05, 4.69) is 10.6 Å². The van der Waals surface area contributed by atoms with Gasteiger partial charge in [-0.1, -0.05) is 30.3 Å². The van der Waals surface area contributed by atoms with Crippen LogP contribution in [0.2, 0.25) is 0 Å². The highest BCUT2D eigenvalue weighted by Crippen LogP contribution is 2.29. The van der Waals surface area contributed by atoms with Crippen molar-refractivity contribution in [1.29, 1.82) is 0 Å². The molecule has 3 rings (SSSR count). The first kappa shape index (κ1) is 18.9. The Balaban J connectivity index is 1.52. The topological polar surface area (TPSA) is 70.7 Å². The van der Waals surface area contributed by atoms with Gasteiger partial charge >= 0.3 is 0 Å². The van der Waals surface area contributed by atoms with E-state index in [4.69, 9.17) is 4.74 Å². The number of likely N-dealkylation sites (tertiary alicyclic amines) is 1. The second-order valence-corrected chi connectivity index (χ2v) is 7.56. The van der Waals surface area contributed by atoms with Crippen LogP contribution in [0.4, 0.5) is 0 Å². The number of benzene rings is 1. The molecule has 2 saturated heterocycles. The van der Waals surface area contributed by atoms with E-state index in [9.17, 15) is 9.59 Å². The minimum Gasteiger partial charge on any atom is -0.384 e. The molecule has 6 nitrogen and oxygen atoms in total. The van der Waals surface area contributed by atoms with E-state index in [0.29, 0.717) is 32.7 Å². The van der Waals surface area contributed by atoms with E-state index in [1.807, 2.05) is 30.3 Å². The summed E-state index contributed by atoms with van der Waals surface area (Å²) >= 11 is 0. The summed E-state index contributed by atoms with van der Waals surface area (Å²) in [7, 11) is 1.71. The second-order valence-electron chi connectivity index (χ2n) is 7.56. The van der Waals surface area contributed by atoms with Crippen LogP contribution in [0.5, 0.6) is 0 Å². The Morgan fingerprint density at radius 2 is 2.04 bits per heavy atom. The molecule has 0 spiro atoms. The van der Waals surface area contributed by atoms with Crippen molar-refractivity contribution in [2.24, 2.45) is 11.3 Å². The molecule has 1 aromatic carbocycles. The molecule has 0 aromatic heterocycles. The molecule has 2 N–H and O–H groups in total. The van der Waals surface area contributed by atoms with Crippen LogP contribution in [-0.4, -0.2) is 56.6 Å². The Hall–Kier alpha value is -1.92. The Labute approximate surface area is 155 Å². The molecule has 26 heavy (non-hydrogen) atoms. The minimum absolute atomic E-state index is 0.00198. The van der Waals surface area contributed by atoms with Crippen LogP contribution in [0.3, 0.4) is 0 Å². The molecule has 0 saturated carbocycles. The maximum atomic E-state index is 12.6. The molecule has 0 aliphatic carbocycles. The molecule has 6 heteroatoms. The van der Waals surface area contributed by atoms with Crippen LogP contribution < -0.4 is 10.6 Å². The third kappa shape index (κ3) is 4.62. The van der Waals surface area contributed by atoms with E-state index in [1.165, 1.54) is 0 Å². The standard InChI is InChI=1S/C20H29N3O3/c1-26-15-20(7-9-21-10-8-20)14-22-19(25)17-11-18(24)23(13-17)12-16-5-3-2-4-6-16/h2-6,17,21H,7-15H2,1H3,(H,22,25). The highest BCUT2D eigenvalue weighted by atomic mass is 16.5. The van der Waals surface area contributed by atoms with Crippen molar-refractivity contribution in [1.82, 2.24) is 15.5 Å². The number of carbonyl (C=O) groups excluding carboxylic acids is 2. The molecule has 1 unspecified atom stereocenters. The lowest BCUT2D eigenvalue weighted by Crippen LogP contribution is -2.48. The summed E-state index contributed by atoms with van der Waals surface area (Å²) in [4.78, 5) is 26.7. The Bertz CT molecular complexity index is 608. The van der Waals surface area contributed by atoms with Gasteiger partial charge in [0, 0.05) is 38.6 Å². The van der Waals surface area contributed by atoms with Crippen molar-refractivity contribution in [3.8, 4) is 0 Å². The van der Waals surface area contributed by atoms with Gasteiger partial charge in [-0.15, -0.1) is 0 Å². The fourth-order valence-corrected chi connectivity index (χ4v) is 3.96. The number of nitrogens with zero attached hydrogens (tertiary/aromatic N) is 1. The quantitative estimate of drug-likeness (QED) is 0.767. The summed E-state index contributed by atoms with van der Waals surface area (Å²) < 4.78 is 5.40. The van der Waals surface area contributed by atoms with Gasteiger partial charge in [0.25, 0.3) is 0 Å². The van der Waals surface area contributed by atoms with Crippen LogP contribution in [0.15, 0.2) is 30.3 Å². The average molecular weight is 359 g/mol. The molecule has 0 radical (unpaired) electrons. The highest BCUT2D eigenvalue weighted by Gasteiger charge is 2.37. The van der Waals surface area contributed by atoms with Crippen molar-refractivity contribution in [2.45, 2.75) is 25.8 Å². The average Bonchev–Trinajstić information content (AvgIpc) is 3.02. The molecule has 2 fully saturated rings. The summed E-state index contributed by atoms with van der Waals surface area (Å²) in [6.45, 7) is 4.24. The number of rotatable bonds is 7. The van der Waals surface area contributed by atoms with Crippen LogP contribution in [0, 0.1) is 11.3 Å². The number of ether oxygens (including phenoxy) is 1. The fourth-order valence-electron chi connectivity index (χ4n) is 3.96. The van der Waals surface area contributed by atoms with E-state index in [0.717, 1.165) is 31.5 Å². The lowest BCUT2D eigenvalue weighted by Gasteiger charge is -2.37. The van der Waals surface area contributed by atoms with Gasteiger partial charge in [-0.25, -0.2) is 0 Å². The van der Waals surface area contributed by atoms with Crippen LogP contribution in [-0.2, 0) is 20.9 Å². The van der Waals surface area contributed by atoms with E-state index < -0.39 is 0 Å². The summed E-state index contributed by atoms with van der Waals surface area (Å²) in [6.07, 6.45) is 2.28. The fraction of sp³-hybridized carbons (Fsp3) is 0.600. The lowest BCUT2D eigenvalue weighted by atomic mass is 9.79. The summed E-state index contributed by atoms with van der Waals surface area (Å²) in [5.74, 6) is -0.210. The summed E-state index contributed by atoms with van der Waals surface area (Å²) in [5, 5.41) is 6.46. The normalized spacial score (nSPS) is 22.4. The Morgan fingerprint density at radius 1 is 1.31 bits per heavy atom. The Kier molecular flexibility index (Phi) is 6.27. The van der Waals surface area contributed by atoms with E-state index >= 15 is 0 Å². The lowest BCUT2D eigenvalue weighted by molar-refractivity contribution is -0.129. The predicted octanol–water partition coefficient (Wildman–Crippen LogP) is 1.17. The van der Waals surface area contributed by atoms with Crippen molar-refractivity contribution >= 4 is 11.8 Å². The van der Waals surface area contributed by atoms with Gasteiger partial charge in [0.2, 0.25) is 11.8 Å². The van der Waals surface area contributed by atoms with E-state index in [1.54, 1.807) is 12.0 Å². The number of hydrogen-bond donors (Lipinski definition) is 2. The van der Waals surface area contributed by atoms with Gasteiger partial charge in [-0.3, -0.25) is 9.59 Å². The minimum atomic E-state index is -0.257. The molecule has 2 heterocycles. The van der Waals surface area contributed by atoms with Gasteiger partial charge in [0.05, 0.1) is 12.5 Å². The molecule has 1 atom stereocenters. The van der Waals surface area contributed by atoms with Crippen molar-refractivity contribution in [3.05, 3.63) is 35.9 Å². The van der Waals surface area contributed by atoms with Gasteiger partial charge in [-0.05, 0) is 31.5 Å². The summed E-state index contributed by atoms with van der Waals surface area (Å²) in [6, 6.07) is 9.91.